The van der Waals surface area contributed by atoms with Crippen molar-refractivity contribution < 1.29 is 4.79 Å². The Kier molecular flexibility index (Phi) is 5.62. The SMILES string of the molecule is CCCN1C(CC)CCC1Cc1cccc(NC(N)=O)c1. The highest BCUT2D eigenvalue weighted by atomic mass is 16.2. The van der Waals surface area contributed by atoms with Crippen LogP contribution in [0.15, 0.2) is 24.3 Å². The summed E-state index contributed by atoms with van der Waals surface area (Å²) in [7, 11) is 0. The van der Waals surface area contributed by atoms with Gasteiger partial charge in [0.2, 0.25) is 0 Å². The van der Waals surface area contributed by atoms with E-state index in [9.17, 15) is 4.79 Å². The van der Waals surface area contributed by atoms with Crippen LogP contribution in [0.5, 0.6) is 0 Å². The molecule has 1 aromatic rings. The molecule has 1 aliphatic heterocycles. The van der Waals surface area contributed by atoms with Gasteiger partial charge >= 0.3 is 6.03 Å². The molecule has 0 aromatic heterocycles. The largest absolute Gasteiger partial charge is 0.351 e. The number of urea groups is 1. The first-order valence-corrected chi connectivity index (χ1v) is 8.05. The molecule has 0 spiro atoms. The number of primary amides is 1. The maximum absolute atomic E-state index is 10.9. The third-order valence-electron chi connectivity index (χ3n) is 4.39. The lowest BCUT2D eigenvalue weighted by atomic mass is 10.0. The quantitative estimate of drug-likeness (QED) is 0.843. The lowest BCUT2D eigenvalue weighted by molar-refractivity contribution is 0.187. The summed E-state index contributed by atoms with van der Waals surface area (Å²) in [6.07, 6.45) is 6.06. The number of nitrogens with two attached hydrogens (primary N) is 1. The van der Waals surface area contributed by atoms with Crippen LogP contribution in [-0.4, -0.2) is 29.6 Å². The minimum atomic E-state index is -0.508. The number of amides is 2. The van der Waals surface area contributed by atoms with Crippen molar-refractivity contribution in [3.63, 3.8) is 0 Å². The minimum Gasteiger partial charge on any atom is -0.351 e. The Labute approximate surface area is 127 Å². The second kappa shape index (κ2) is 7.46. The van der Waals surface area contributed by atoms with Gasteiger partial charge in [-0.1, -0.05) is 26.0 Å². The van der Waals surface area contributed by atoms with Crippen molar-refractivity contribution >= 4 is 11.7 Å². The van der Waals surface area contributed by atoms with Crippen LogP contribution in [0.25, 0.3) is 0 Å². The molecule has 2 unspecified atom stereocenters. The zero-order valence-corrected chi connectivity index (χ0v) is 13.1. The fourth-order valence-corrected chi connectivity index (χ4v) is 3.49. The van der Waals surface area contributed by atoms with Crippen LogP contribution in [0.3, 0.4) is 0 Å². The number of carbonyl (C=O) groups is 1. The van der Waals surface area contributed by atoms with E-state index in [4.69, 9.17) is 5.73 Å². The first-order chi connectivity index (χ1) is 10.1. The molecule has 4 heteroatoms. The predicted molar refractivity (Wildman–Crippen MR) is 87.5 cm³/mol. The molecule has 2 rings (SSSR count). The van der Waals surface area contributed by atoms with E-state index in [1.165, 1.54) is 37.8 Å². The number of likely N-dealkylation sites (tertiary alicyclic amines) is 1. The molecule has 116 valence electrons. The normalized spacial score (nSPS) is 22.4. The topological polar surface area (TPSA) is 58.4 Å². The van der Waals surface area contributed by atoms with E-state index < -0.39 is 6.03 Å². The molecular weight excluding hydrogens is 262 g/mol. The highest BCUT2D eigenvalue weighted by Gasteiger charge is 2.31. The van der Waals surface area contributed by atoms with Gasteiger partial charge in [0.15, 0.2) is 0 Å². The van der Waals surface area contributed by atoms with Crippen molar-refractivity contribution in [1.82, 2.24) is 4.90 Å². The van der Waals surface area contributed by atoms with E-state index in [2.05, 4.69) is 30.1 Å². The summed E-state index contributed by atoms with van der Waals surface area (Å²) >= 11 is 0. The molecule has 1 saturated heterocycles. The summed E-state index contributed by atoms with van der Waals surface area (Å²) < 4.78 is 0. The molecule has 4 nitrogen and oxygen atoms in total. The van der Waals surface area contributed by atoms with Crippen molar-refractivity contribution in [2.45, 2.75) is 58.0 Å². The van der Waals surface area contributed by atoms with Crippen LogP contribution in [0.4, 0.5) is 10.5 Å². The molecule has 2 amide bonds. The van der Waals surface area contributed by atoms with Crippen LogP contribution in [-0.2, 0) is 6.42 Å². The highest BCUT2D eigenvalue weighted by Crippen LogP contribution is 2.29. The molecule has 1 heterocycles. The molecule has 1 fully saturated rings. The van der Waals surface area contributed by atoms with E-state index in [0.717, 1.165) is 18.2 Å². The summed E-state index contributed by atoms with van der Waals surface area (Å²) in [6, 6.07) is 8.88. The molecule has 0 bridgehead atoms. The highest BCUT2D eigenvalue weighted by molar-refractivity contribution is 5.87. The van der Waals surface area contributed by atoms with Crippen molar-refractivity contribution in [2.24, 2.45) is 5.73 Å². The number of benzene rings is 1. The van der Waals surface area contributed by atoms with Crippen LogP contribution in [0, 0.1) is 0 Å². The smallest absolute Gasteiger partial charge is 0.316 e. The van der Waals surface area contributed by atoms with E-state index in [1.54, 1.807) is 0 Å². The fraction of sp³-hybridized carbons (Fsp3) is 0.588. The summed E-state index contributed by atoms with van der Waals surface area (Å²) in [5.74, 6) is 0. The maximum atomic E-state index is 10.9. The Morgan fingerprint density at radius 2 is 2.10 bits per heavy atom. The van der Waals surface area contributed by atoms with Gasteiger partial charge < -0.3 is 11.1 Å². The molecule has 2 atom stereocenters. The second-order valence-electron chi connectivity index (χ2n) is 5.92. The number of nitrogens with one attached hydrogen (secondary N) is 1. The van der Waals surface area contributed by atoms with E-state index in [0.29, 0.717) is 6.04 Å². The van der Waals surface area contributed by atoms with Gasteiger partial charge in [0, 0.05) is 17.8 Å². The van der Waals surface area contributed by atoms with Gasteiger partial charge in [0.25, 0.3) is 0 Å². The van der Waals surface area contributed by atoms with Crippen LogP contribution in [0.1, 0.15) is 45.1 Å². The average molecular weight is 289 g/mol. The van der Waals surface area contributed by atoms with Crippen LogP contribution >= 0.6 is 0 Å². The second-order valence-corrected chi connectivity index (χ2v) is 5.92. The number of nitrogens with zero attached hydrogens (tertiary/aromatic N) is 1. The molecule has 1 aliphatic rings. The molecule has 0 radical (unpaired) electrons. The fourth-order valence-electron chi connectivity index (χ4n) is 3.49. The lowest BCUT2D eigenvalue weighted by Crippen LogP contribution is -2.37. The van der Waals surface area contributed by atoms with Crippen LogP contribution < -0.4 is 11.1 Å². The molecular formula is C17H27N3O. The lowest BCUT2D eigenvalue weighted by Gasteiger charge is -2.29. The van der Waals surface area contributed by atoms with Crippen molar-refractivity contribution in [1.29, 1.82) is 0 Å². The van der Waals surface area contributed by atoms with Gasteiger partial charge in [-0.25, -0.2) is 4.79 Å². The first-order valence-electron chi connectivity index (χ1n) is 8.05. The predicted octanol–water partition coefficient (Wildman–Crippen LogP) is 3.37. The van der Waals surface area contributed by atoms with E-state index in [1.807, 2.05) is 18.2 Å². The van der Waals surface area contributed by atoms with Gasteiger partial charge in [0.1, 0.15) is 0 Å². The third-order valence-corrected chi connectivity index (χ3v) is 4.39. The summed E-state index contributed by atoms with van der Waals surface area (Å²) in [5, 5.41) is 2.65. The van der Waals surface area contributed by atoms with Gasteiger partial charge in [-0.2, -0.15) is 0 Å². The number of hydrogen-bond acceptors (Lipinski definition) is 2. The average Bonchev–Trinajstić information content (AvgIpc) is 2.81. The summed E-state index contributed by atoms with van der Waals surface area (Å²) in [6.45, 7) is 5.72. The van der Waals surface area contributed by atoms with E-state index in [-0.39, 0.29) is 0 Å². The molecule has 3 N–H and O–H groups in total. The molecule has 0 aliphatic carbocycles. The standard InChI is InChI=1S/C17H27N3O/c1-3-10-20-15(4-2)8-9-16(20)12-13-6-5-7-14(11-13)19-17(18)21/h5-7,11,15-16H,3-4,8-10,12H2,1-2H3,(H3,18,19,21). The maximum Gasteiger partial charge on any atom is 0.316 e. The van der Waals surface area contributed by atoms with Crippen molar-refractivity contribution in [3.8, 4) is 0 Å². The zero-order chi connectivity index (χ0) is 15.2. The Balaban J connectivity index is 2.04. The Bertz CT molecular complexity index is 475. The number of hydrogen-bond donors (Lipinski definition) is 2. The Morgan fingerprint density at radius 3 is 2.76 bits per heavy atom. The van der Waals surface area contributed by atoms with Crippen molar-refractivity contribution in [2.75, 3.05) is 11.9 Å². The summed E-state index contributed by atoms with van der Waals surface area (Å²) in [4.78, 5) is 13.6. The number of anilines is 1. The molecule has 21 heavy (non-hydrogen) atoms. The van der Waals surface area contributed by atoms with Gasteiger partial charge in [0.05, 0.1) is 0 Å². The molecule has 0 saturated carbocycles. The molecule has 1 aromatic carbocycles. The Morgan fingerprint density at radius 1 is 1.33 bits per heavy atom. The summed E-state index contributed by atoms with van der Waals surface area (Å²) in [5.41, 5.74) is 7.23. The monoisotopic (exact) mass is 289 g/mol. The van der Waals surface area contributed by atoms with Gasteiger partial charge in [-0.05, 0) is 56.3 Å². The first kappa shape index (κ1) is 15.8. The van der Waals surface area contributed by atoms with Gasteiger partial charge in [-0.15, -0.1) is 0 Å². The van der Waals surface area contributed by atoms with E-state index >= 15 is 0 Å². The third kappa shape index (κ3) is 4.21. The number of carbonyl (C=O) groups excluding carboxylic acids is 1. The van der Waals surface area contributed by atoms with Crippen LogP contribution in [0.2, 0.25) is 0 Å². The van der Waals surface area contributed by atoms with Gasteiger partial charge in [-0.3, -0.25) is 4.90 Å². The van der Waals surface area contributed by atoms with Crippen molar-refractivity contribution in [3.05, 3.63) is 29.8 Å². The number of rotatable bonds is 6. The Hall–Kier alpha value is -1.55. The zero-order valence-electron chi connectivity index (χ0n) is 13.1. The minimum absolute atomic E-state index is 0.508.